The summed E-state index contributed by atoms with van der Waals surface area (Å²) >= 11 is 0. The van der Waals surface area contributed by atoms with Crippen LogP contribution < -0.4 is 16.7 Å². The van der Waals surface area contributed by atoms with Gasteiger partial charge in [0.1, 0.15) is 5.58 Å². The molecule has 0 unspecified atom stereocenters. The van der Waals surface area contributed by atoms with Crippen LogP contribution in [0, 0.1) is 6.92 Å². The Morgan fingerprint density at radius 2 is 2.04 bits per heavy atom. The molecule has 0 saturated carbocycles. The summed E-state index contributed by atoms with van der Waals surface area (Å²) in [6, 6.07) is 8.80. The van der Waals surface area contributed by atoms with Gasteiger partial charge in [0.2, 0.25) is 0 Å². The fourth-order valence-electron chi connectivity index (χ4n) is 2.07. The molecule has 0 aliphatic heterocycles. The highest BCUT2D eigenvalue weighted by atomic mass is 16.3. The monoisotopic (exact) mass is 312 g/mol. The normalized spacial score (nSPS) is 11.2. The first kappa shape index (κ1) is 14.5. The number of carbonyl (C=O) groups is 1. The molecule has 3 aromatic rings. The number of rotatable bonds is 3. The number of hydrogen-bond donors (Lipinski definition) is 3. The quantitative estimate of drug-likeness (QED) is 0.491. The third kappa shape index (κ3) is 2.95. The molecule has 0 atom stereocenters. The average Bonchev–Trinajstić information content (AvgIpc) is 2.93. The molecule has 8 nitrogen and oxygen atoms in total. The summed E-state index contributed by atoms with van der Waals surface area (Å²) in [5.41, 5.74) is 2.17. The first-order valence-corrected chi connectivity index (χ1v) is 6.70. The fourth-order valence-corrected chi connectivity index (χ4v) is 2.07. The maximum Gasteiger partial charge on any atom is 0.325 e. The van der Waals surface area contributed by atoms with E-state index in [1.54, 1.807) is 25.1 Å². The smallest absolute Gasteiger partial charge is 0.325 e. The van der Waals surface area contributed by atoms with E-state index in [1.807, 2.05) is 12.1 Å². The van der Waals surface area contributed by atoms with Crippen LogP contribution in [0.15, 0.2) is 49.4 Å². The molecule has 0 spiro atoms. The highest BCUT2D eigenvalue weighted by Crippen LogP contribution is 2.18. The van der Waals surface area contributed by atoms with Crippen LogP contribution in [0.25, 0.3) is 11.0 Å². The summed E-state index contributed by atoms with van der Waals surface area (Å²) in [4.78, 5) is 39.2. The zero-order valence-electron chi connectivity index (χ0n) is 12.0. The number of aromatic nitrogens is 2. The Kier molecular flexibility index (Phi) is 3.63. The average molecular weight is 312 g/mol. The van der Waals surface area contributed by atoms with Crippen LogP contribution >= 0.6 is 0 Å². The highest BCUT2D eigenvalue weighted by Gasteiger charge is 2.11. The van der Waals surface area contributed by atoms with Gasteiger partial charge in [-0.25, -0.2) is 10.2 Å². The van der Waals surface area contributed by atoms with E-state index in [0.717, 1.165) is 11.6 Å². The molecular formula is C15H12N4O4. The van der Waals surface area contributed by atoms with Crippen molar-refractivity contribution in [3.05, 3.63) is 68.2 Å². The van der Waals surface area contributed by atoms with Crippen LogP contribution in [-0.4, -0.2) is 22.1 Å². The van der Waals surface area contributed by atoms with Crippen LogP contribution in [-0.2, 0) is 0 Å². The van der Waals surface area contributed by atoms with Crippen molar-refractivity contribution in [2.45, 2.75) is 6.92 Å². The van der Waals surface area contributed by atoms with Gasteiger partial charge in [0.25, 0.3) is 5.56 Å². The Hall–Kier alpha value is -3.42. The highest BCUT2D eigenvalue weighted by molar-refractivity contribution is 5.96. The second-order valence-corrected chi connectivity index (χ2v) is 4.79. The van der Waals surface area contributed by atoms with Gasteiger partial charge in [-0.15, -0.1) is 0 Å². The van der Waals surface area contributed by atoms with Gasteiger partial charge in [0, 0.05) is 11.1 Å². The lowest BCUT2D eigenvalue weighted by Gasteiger charge is -1.98. The number of amides is 1. The molecule has 0 fully saturated rings. The SMILES string of the molecule is Cc1[nH]c(=O)[nH]c(=O)c1/C=N\NC(=O)c1cc2ccccc2o1. The minimum absolute atomic E-state index is 0.107. The minimum Gasteiger partial charge on any atom is -0.451 e. The summed E-state index contributed by atoms with van der Waals surface area (Å²) in [7, 11) is 0. The molecule has 0 bridgehead atoms. The van der Waals surface area contributed by atoms with Crippen molar-refractivity contribution in [2.75, 3.05) is 0 Å². The standard InChI is InChI=1S/C15H12N4O4/c1-8-10(13(20)18-15(22)17-8)7-16-19-14(21)12-6-9-4-2-3-5-11(9)23-12/h2-7H,1H3,(H,19,21)(H2,17,18,20,22)/b16-7-. The molecule has 1 amide bonds. The Bertz CT molecular complexity index is 993. The van der Waals surface area contributed by atoms with Crippen molar-refractivity contribution in [2.24, 2.45) is 5.10 Å². The number of carbonyl (C=O) groups excluding carboxylic acids is 1. The largest absolute Gasteiger partial charge is 0.451 e. The molecule has 0 saturated heterocycles. The maximum atomic E-state index is 12.0. The molecule has 1 aromatic carbocycles. The summed E-state index contributed by atoms with van der Waals surface area (Å²) < 4.78 is 5.39. The third-order valence-corrected chi connectivity index (χ3v) is 3.19. The molecule has 0 radical (unpaired) electrons. The first-order chi connectivity index (χ1) is 11.0. The van der Waals surface area contributed by atoms with Crippen molar-refractivity contribution in [3.8, 4) is 0 Å². The molecule has 3 rings (SSSR count). The number of fused-ring (bicyclic) bond motifs is 1. The number of nitrogens with one attached hydrogen (secondary N) is 3. The van der Waals surface area contributed by atoms with E-state index >= 15 is 0 Å². The zero-order chi connectivity index (χ0) is 16.4. The van der Waals surface area contributed by atoms with E-state index in [9.17, 15) is 14.4 Å². The summed E-state index contributed by atoms with van der Waals surface area (Å²) in [6.45, 7) is 1.55. The molecular weight excluding hydrogens is 300 g/mol. The number of H-pyrrole nitrogens is 2. The van der Waals surface area contributed by atoms with E-state index in [0.29, 0.717) is 11.3 Å². The van der Waals surface area contributed by atoms with Crippen LogP contribution in [0.2, 0.25) is 0 Å². The number of furan rings is 1. The number of aromatic amines is 2. The zero-order valence-corrected chi connectivity index (χ0v) is 12.0. The maximum absolute atomic E-state index is 12.0. The Morgan fingerprint density at radius 1 is 1.26 bits per heavy atom. The lowest BCUT2D eigenvalue weighted by Crippen LogP contribution is -2.27. The van der Waals surface area contributed by atoms with Gasteiger partial charge in [0.05, 0.1) is 11.8 Å². The number of para-hydroxylation sites is 1. The number of benzene rings is 1. The summed E-state index contributed by atoms with van der Waals surface area (Å²) in [5.74, 6) is -0.439. The van der Waals surface area contributed by atoms with E-state index in [4.69, 9.17) is 4.42 Å². The van der Waals surface area contributed by atoms with Crippen LogP contribution in [0.4, 0.5) is 0 Å². The van der Waals surface area contributed by atoms with Gasteiger partial charge in [-0.3, -0.25) is 14.6 Å². The van der Waals surface area contributed by atoms with Gasteiger partial charge >= 0.3 is 11.6 Å². The first-order valence-electron chi connectivity index (χ1n) is 6.70. The second-order valence-electron chi connectivity index (χ2n) is 4.79. The van der Waals surface area contributed by atoms with Gasteiger partial charge in [-0.2, -0.15) is 5.10 Å². The predicted octanol–water partition coefficient (Wildman–Crippen LogP) is 0.882. The van der Waals surface area contributed by atoms with Gasteiger partial charge in [0.15, 0.2) is 5.76 Å². The van der Waals surface area contributed by atoms with Crippen molar-refractivity contribution in [1.82, 2.24) is 15.4 Å². The molecule has 23 heavy (non-hydrogen) atoms. The topological polar surface area (TPSA) is 120 Å². The second kappa shape index (κ2) is 5.76. The number of nitrogens with zero attached hydrogens (tertiary/aromatic N) is 1. The molecule has 116 valence electrons. The van der Waals surface area contributed by atoms with Gasteiger partial charge in [-0.1, -0.05) is 18.2 Å². The van der Waals surface area contributed by atoms with Crippen LogP contribution in [0.1, 0.15) is 21.8 Å². The van der Waals surface area contributed by atoms with E-state index in [2.05, 4.69) is 20.5 Å². The van der Waals surface area contributed by atoms with Crippen LogP contribution in [0.3, 0.4) is 0 Å². The molecule has 8 heteroatoms. The molecule has 0 aliphatic rings. The summed E-state index contributed by atoms with van der Waals surface area (Å²) in [6.07, 6.45) is 1.16. The van der Waals surface area contributed by atoms with Gasteiger partial charge in [-0.05, 0) is 19.1 Å². The van der Waals surface area contributed by atoms with Crippen LogP contribution in [0.5, 0.6) is 0 Å². The Morgan fingerprint density at radius 3 is 2.78 bits per heavy atom. The van der Waals surface area contributed by atoms with Crippen molar-refractivity contribution in [1.29, 1.82) is 0 Å². The van der Waals surface area contributed by atoms with Gasteiger partial charge < -0.3 is 9.40 Å². The third-order valence-electron chi connectivity index (χ3n) is 3.19. The number of hydrazone groups is 1. The van der Waals surface area contributed by atoms with E-state index in [1.165, 1.54) is 0 Å². The Labute approximate surface area is 128 Å². The minimum atomic E-state index is -0.601. The lowest BCUT2D eigenvalue weighted by atomic mass is 10.2. The predicted molar refractivity (Wildman–Crippen MR) is 83.7 cm³/mol. The molecule has 0 aliphatic carbocycles. The van der Waals surface area contributed by atoms with Crippen molar-refractivity contribution in [3.63, 3.8) is 0 Å². The fraction of sp³-hybridized carbons (Fsp3) is 0.0667. The molecule has 3 N–H and O–H groups in total. The lowest BCUT2D eigenvalue weighted by molar-refractivity contribution is 0.0929. The van der Waals surface area contributed by atoms with Crippen molar-refractivity contribution < 1.29 is 9.21 Å². The van der Waals surface area contributed by atoms with E-state index < -0.39 is 17.2 Å². The number of hydrogen-bond acceptors (Lipinski definition) is 5. The summed E-state index contributed by atoms with van der Waals surface area (Å²) in [5, 5.41) is 4.51. The Balaban J connectivity index is 1.79. The van der Waals surface area contributed by atoms with Crippen molar-refractivity contribution >= 4 is 23.1 Å². The molecule has 2 heterocycles. The number of aryl methyl sites for hydroxylation is 1. The molecule has 2 aromatic heterocycles. The van der Waals surface area contributed by atoms with E-state index in [-0.39, 0.29) is 11.3 Å².